The van der Waals surface area contributed by atoms with Gasteiger partial charge in [-0.05, 0) is 42.3 Å². The van der Waals surface area contributed by atoms with Crippen molar-refractivity contribution in [1.29, 1.82) is 0 Å². The monoisotopic (exact) mass is 394 g/mol. The van der Waals surface area contributed by atoms with Crippen molar-refractivity contribution in [1.82, 2.24) is 5.32 Å². The number of imide groups is 1. The summed E-state index contributed by atoms with van der Waals surface area (Å²) in [5, 5.41) is 2.66. The van der Waals surface area contributed by atoms with Gasteiger partial charge in [-0.15, -0.1) is 0 Å². The van der Waals surface area contributed by atoms with Gasteiger partial charge in [0.15, 0.2) is 5.75 Å². The van der Waals surface area contributed by atoms with Crippen LogP contribution in [-0.4, -0.2) is 25.6 Å². The zero-order chi connectivity index (χ0) is 18.8. The molecular formula is C18H16Cl2N2O4. The summed E-state index contributed by atoms with van der Waals surface area (Å²) >= 11 is 12.6. The Kier molecular flexibility index (Phi) is 5.25. The number of carbonyl (C=O) groups excluding carboxylic acids is 2. The number of halogens is 2. The minimum Gasteiger partial charge on any atom is -0.496 e. The van der Waals surface area contributed by atoms with E-state index in [0.717, 1.165) is 17.7 Å². The molecular weight excluding hydrogens is 379 g/mol. The van der Waals surface area contributed by atoms with Gasteiger partial charge in [-0.25, -0.2) is 4.79 Å². The van der Waals surface area contributed by atoms with Crippen molar-refractivity contribution >= 4 is 40.8 Å². The molecule has 0 aromatic heterocycles. The van der Waals surface area contributed by atoms with Crippen molar-refractivity contribution < 1.29 is 19.1 Å². The number of anilines is 1. The molecule has 1 heterocycles. The first-order valence-corrected chi connectivity index (χ1v) is 8.63. The predicted octanol–water partition coefficient (Wildman–Crippen LogP) is 4.41. The van der Waals surface area contributed by atoms with Crippen molar-refractivity contribution in [3.05, 3.63) is 45.9 Å². The predicted molar refractivity (Wildman–Crippen MR) is 99.8 cm³/mol. The van der Waals surface area contributed by atoms with Crippen LogP contribution in [0.1, 0.15) is 12.5 Å². The summed E-state index contributed by atoms with van der Waals surface area (Å²) < 4.78 is 11.1. The molecule has 1 fully saturated rings. The van der Waals surface area contributed by atoms with Crippen molar-refractivity contribution in [2.75, 3.05) is 18.6 Å². The van der Waals surface area contributed by atoms with E-state index in [-0.39, 0.29) is 28.2 Å². The number of nitrogens with zero attached hydrogens (tertiary/aromatic N) is 1. The lowest BCUT2D eigenvalue weighted by Gasteiger charge is -2.17. The lowest BCUT2D eigenvalue weighted by Crippen LogP contribution is -2.27. The quantitative estimate of drug-likeness (QED) is 0.762. The standard InChI is InChI=1S/C18H16Cl2N2O4/c1-3-10-6-12(4-5-15(10)25-2)26-17-13(19)7-11(8-14(17)20)22-9-16(23)21-18(22)24/h4-8H,3,9H2,1-2H3,(H,21,23,24). The molecule has 3 amide bonds. The Labute approximate surface area is 160 Å². The fraction of sp³-hybridized carbons (Fsp3) is 0.222. The highest BCUT2D eigenvalue weighted by Gasteiger charge is 2.29. The van der Waals surface area contributed by atoms with E-state index in [2.05, 4.69) is 5.32 Å². The molecule has 1 aliphatic rings. The van der Waals surface area contributed by atoms with Gasteiger partial charge in [0.05, 0.1) is 17.2 Å². The molecule has 1 aliphatic heterocycles. The third kappa shape index (κ3) is 3.57. The minimum atomic E-state index is -0.515. The van der Waals surface area contributed by atoms with E-state index in [0.29, 0.717) is 11.4 Å². The second kappa shape index (κ2) is 7.43. The Balaban J connectivity index is 1.90. The largest absolute Gasteiger partial charge is 0.496 e. The Bertz CT molecular complexity index is 862. The van der Waals surface area contributed by atoms with Crippen molar-refractivity contribution in [2.45, 2.75) is 13.3 Å². The maximum absolute atomic E-state index is 11.8. The van der Waals surface area contributed by atoms with Gasteiger partial charge >= 0.3 is 6.03 Å². The van der Waals surface area contributed by atoms with Gasteiger partial charge in [0, 0.05) is 5.69 Å². The van der Waals surface area contributed by atoms with E-state index in [1.165, 1.54) is 17.0 Å². The number of carbonyl (C=O) groups is 2. The summed E-state index contributed by atoms with van der Waals surface area (Å²) in [5.41, 5.74) is 1.40. The van der Waals surface area contributed by atoms with Crippen LogP contribution in [0.25, 0.3) is 0 Å². The van der Waals surface area contributed by atoms with Crippen LogP contribution in [0.4, 0.5) is 10.5 Å². The van der Waals surface area contributed by atoms with Gasteiger partial charge in [0.1, 0.15) is 18.0 Å². The van der Waals surface area contributed by atoms with E-state index in [1.54, 1.807) is 13.2 Å². The van der Waals surface area contributed by atoms with Crippen LogP contribution in [0.3, 0.4) is 0 Å². The molecule has 2 aromatic carbocycles. The molecule has 1 N–H and O–H groups in total. The summed E-state index contributed by atoms with van der Waals surface area (Å²) in [4.78, 5) is 24.4. The Morgan fingerprint density at radius 2 is 1.85 bits per heavy atom. The Morgan fingerprint density at radius 3 is 2.38 bits per heavy atom. The van der Waals surface area contributed by atoms with E-state index >= 15 is 0 Å². The van der Waals surface area contributed by atoms with Gasteiger partial charge in [-0.3, -0.25) is 15.0 Å². The molecule has 0 spiro atoms. The maximum atomic E-state index is 11.8. The van der Waals surface area contributed by atoms with Crippen LogP contribution in [0.2, 0.25) is 10.0 Å². The summed E-state index contributed by atoms with van der Waals surface area (Å²) in [5.74, 6) is 1.23. The first kappa shape index (κ1) is 18.4. The summed E-state index contributed by atoms with van der Waals surface area (Å²) in [6.45, 7) is 1.93. The number of ether oxygens (including phenoxy) is 2. The van der Waals surface area contributed by atoms with E-state index in [1.807, 2.05) is 19.1 Å². The summed E-state index contributed by atoms with van der Waals surface area (Å²) in [6, 6.07) is 7.97. The van der Waals surface area contributed by atoms with Crippen LogP contribution >= 0.6 is 23.2 Å². The molecule has 0 saturated carbocycles. The average Bonchev–Trinajstić information content (AvgIpc) is 2.96. The molecule has 136 valence electrons. The van der Waals surface area contributed by atoms with Crippen LogP contribution in [-0.2, 0) is 11.2 Å². The highest BCUT2D eigenvalue weighted by molar-refractivity contribution is 6.37. The Hall–Kier alpha value is -2.44. The first-order chi connectivity index (χ1) is 12.4. The summed E-state index contributed by atoms with van der Waals surface area (Å²) in [6.07, 6.45) is 0.777. The van der Waals surface area contributed by atoms with Crippen LogP contribution in [0.5, 0.6) is 17.2 Å². The Morgan fingerprint density at radius 1 is 1.15 bits per heavy atom. The van der Waals surface area contributed by atoms with Crippen LogP contribution in [0.15, 0.2) is 30.3 Å². The molecule has 0 aliphatic carbocycles. The smallest absolute Gasteiger partial charge is 0.329 e. The SMILES string of the molecule is CCc1cc(Oc2c(Cl)cc(N3CC(=O)NC3=O)cc2Cl)ccc1OC. The molecule has 2 aromatic rings. The topological polar surface area (TPSA) is 67.9 Å². The molecule has 0 unspecified atom stereocenters. The highest BCUT2D eigenvalue weighted by Crippen LogP contribution is 2.40. The number of hydrogen-bond donors (Lipinski definition) is 1. The second-order valence-electron chi connectivity index (χ2n) is 5.61. The number of nitrogens with one attached hydrogen (secondary N) is 1. The average molecular weight is 395 g/mol. The highest BCUT2D eigenvalue weighted by atomic mass is 35.5. The van der Waals surface area contributed by atoms with Gasteiger partial charge in [0.2, 0.25) is 5.91 Å². The number of hydrogen-bond acceptors (Lipinski definition) is 4. The third-order valence-electron chi connectivity index (χ3n) is 3.94. The van der Waals surface area contributed by atoms with Crippen molar-refractivity contribution in [3.63, 3.8) is 0 Å². The third-order valence-corrected chi connectivity index (χ3v) is 4.50. The van der Waals surface area contributed by atoms with Crippen molar-refractivity contribution in [2.24, 2.45) is 0 Å². The lowest BCUT2D eigenvalue weighted by atomic mass is 10.1. The normalized spacial score (nSPS) is 13.8. The molecule has 6 nitrogen and oxygen atoms in total. The summed E-state index contributed by atoms with van der Waals surface area (Å²) in [7, 11) is 1.61. The first-order valence-electron chi connectivity index (χ1n) is 7.88. The molecule has 1 saturated heterocycles. The van der Waals surface area contributed by atoms with E-state index in [9.17, 15) is 9.59 Å². The van der Waals surface area contributed by atoms with Gasteiger partial charge < -0.3 is 9.47 Å². The number of benzene rings is 2. The van der Waals surface area contributed by atoms with Crippen molar-refractivity contribution in [3.8, 4) is 17.2 Å². The molecule has 0 atom stereocenters. The zero-order valence-electron chi connectivity index (χ0n) is 14.1. The van der Waals surface area contributed by atoms with Gasteiger partial charge in [-0.2, -0.15) is 0 Å². The van der Waals surface area contributed by atoms with E-state index < -0.39 is 6.03 Å². The number of amides is 3. The zero-order valence-corrected chi connectivity index (χ0v) is 15.6. The van der Waals surface area contributed by atoms with Gasteiger partial charge in [0.25, 0.3) is 0 Å². The molecule has 26 heavy (non-hydrogen) atoms. The molecule has 0 bridgehead atoms. The second-order valence-corrected chi connectivity index (χ2v) is 6.42. The maximum Gasteiger partial charge on any atom is 0.329 e. The number of rotatable bonds is 5. The van der Waals surface area contributed by atoms with E-state index in [4.69, 9.17) is 32.7 Å². The molecule has 8 heteroatoms. The number of methoxy groups -OCH3 is 1. The fourth-order valence-corrected chi connectivity index (χ4v) is 3.22. The fourth-order valence-electron chi connectivity index (χ4n) is 2.66. The molecule has 0 radical (unpaired) electrons. The number of urea groups is 1. The number of aryl methyl sites for hydroxylation is 1. The van der Waals surface area contributed by atoms with Crippen LogP contribution in [0, 0.1) is 0 Å². The minimum absolute atomic E-state index is 0.0793. The lowest BCUT2D eigenvalue weighted by molar-refractivity contribution is -0.117. The van der Waals surface area contributed by atoms with Crippen LogP contribution < -0.4 is 19.7 Å². The molecule has 3 rings (SSSR count). The van der Waals surface area contributed by atoms with Gasteiger partial charge in [-0.1, -0.05) is 30.1 Å².